The van der Waals surface area contributed by atoms with E-state index in [1.807, 2.05) is 0 Å². The summed E-state index contributed by atoms with van der Waals surface area (Å²) >= 11 is 2.22. The van der Waals surface area contributed by atoms with Crippen molar-refractivity contribution in [3.05, 3.63) is 27.4 Å². The molecule has 2 heterocycles. The van der Waals surface area contributed by atoms with Crippen LogP contribution >= 0.6 is 23.1 Å². The van der Waals surface area contributed by atoms with Crippen molar-refractivity contribution < 1.29 is 9.72 Å². The van der Waals surface area contributed by atoms with Gasteiger partial charge in [0.1, 0.15) is 10.5 Å². The molecule has 7 nitrogen and oxygen atoms in total. The summed E-state index contributed by atoms with van der Waals surface area (Å²) < 4.78 is 1.95. The third-order valence-corrected chi connectivity index (χ3v) is 4.54. The molecule has 0 N–H and O–H groups in total. The van der Waals surface area contributed by atoms with E-state index in [2.05, 4.69) is 10.1 Å². The Hall–Kier alpha value is -1.74. The van der Waals surface area contributed by atoms with Crippen molar-refractivity contribution in [2.75, 3.05) is 0 Å². The third-order valence-electron chi connectivity index (χ3n) is 2.08. The molecular formula is C9H8N4O3S2. The van der Waals surface area contributed by atoms with Gasteiger partial charge in [-0.25, -0.2) is 9.67 Å². The summed E-state index contributed by atoms with van der Waals surface area (Å²) in [6.45, 7) is 1.38. The zero-order chi connectivity index (χ0) is 13.3. The quantitative estimate of drug-likeness (QED) is 0.485. The highest BCUT2D eigenvalue weighted by Crippen LogP contribution is 2.40. The number of nitrogens with zero attached hydrogens (tertiary/aromatic N) is 4. The van der Waals surface area contributed by atoms with Crippen LogP contribution < -0.4 is 0 Å². The summed E-state index contributed by atoms with van der Waals surface area (Å²) in [5, 5.41) is 15.3. The summed E-state index contributed by atoms with van der Waals surface area (Å²) in [6.07, 6.45) is 1.37. The van der Waals surface area contributed by atoms with Crippen LogP contribution in [-0.4, -0.2) is 25.5 Å². The van der Waals surface area contributed by atoms with Crippen LogP contribution in [0.15, 0.2) is 21.8 Å². The average molecular weight is 284 g/mol. The second-order valence-corrected chi connectivity index (χ2v) is 5.65. The van der Waals surface area contributed by atoms with Gasteiger partial charge in [-0.05, 0) is 18.7 Å². The highest BCUT2D eigenvalue weighted by atomic mass is 32.2. The Morgan fingerprint density at radius 3 is 2.83 bits per heavy atom. The molecule has 0 atom stereocenters. The van der Waals surface area contributed by atoms with Crippen LogP contribution in [0, 0.1) is 10.1 Å². The number of thiophene rings is 1. The van der Waals surface area contributed by atoms with E-state index < -0.39 is 4.92 Å². The second kappa shape index (κ2) is 4.86. The molecule has 2 rings (SSSR count). The molecular weight excluding hydrogens is 276 g/mol. The molecule has 2 aromatic rings. The number of rotatable bonds is 4. The summed E-state index contributed by atoms with van der Waals surface area (Å²) in [5.41, 5.74) is -0.0711. The van der Waals surface area contributed by atoms with Gasteiger partial charge in [0.15, 0.2) is 10.9 Å². The molecule has 2 aromatic heterocycles. The minimum atomic E-state index is -0.498. The van der Waals surface area contributed by atoms with E-state index in [1.165, 1.54) is 24.0 Å². The van der Waals surface area contributed by atoms with Crippen LogP contribution in [0.2, 0.25) is 0 Å². The van der Waals surface area contributed by atoms with E-state index >= 15 is 0 Å². The Bertz CT molecular complexity index is 619. The van der Waals surface area contributed by atoms with Gasteiger partial charge in [0.2, 0.25) is 0 Å². The molecule has 94 valence electrons. The third kappa shape index (κ3) is 2.41. The lowest BCUT2D eigenvalue weighted by atomic mass is 10.3. The number of Topliss-reactive ketones (excluding diaryl/α,β-unsaturated/α-hetero) is 1. The fourth-order valence-electron chi connectivity index (χ4n) is 1.20. The number of aryl methyl sites for hydroxylation is 1. The van der Waals surface area contributed by atoms with E-state index in [-0.39, 0.29) is 11.5 Å². The highest BCUT2D eigenvalue weighted by Gasteiger charge is 2.23. The van der Waals surface area contributed by atoms with Crippen molar-refractivity contribution >= 4 is 34.6 Å². The molecule has 18 heavy (non-hydrogen) atoms. The number of carbonyl (C=O) groups excluding carboxylic acids is 1. The van der Waals surface area contributed by atoms with Crippen molar-refractivity contribution in [1.82, 2.24) is 14.8 Å². The first-order valence-corrected chi connectivity index (χ1v) is 6.43. The summed E-state index contributed by atoms with van der Waals surface area (Å²) in [5.74, 6) is -0.187. The molecule has 0 unspecified atom stereocenters. The lowest BCUT2D eigenvalue weighted by Gasteiger charge is -1.96. The van der Waals surface area contributed by atoms with E-state index in [9.17, 15) is 14.9 Å². The van der Waals surface area contributed by atoms with Crippen molar-refractivity contribution in [2.24, 2.45) is 7.05 Å². The van der Waals surface area contributed by atoms with E-state index in [0.717, 1.165) is 23.1 Å². The number of aromatic nitrogens is 3. The van der Waals surface area contributed by atoms with E-state index in [0.29, 0.717) is 14.2 Å². The molecule has 0 aliphatic rings. The van der Waals surface area contributed by atoms with E-state index in [1.54, 1.807) is 7.05 Å². The van der Waals surface area contributed by atoms with Crippen molar-refractivity contribution in [1.29, 1.82) is 0 Å². The SMILES string of the molecule is CC(=O)c1cc([N+](=O)[O-])c(Sc2ncnn2C)s1. The molecule has 0 spiro atoms. The Morgan fingerprint density at radius 2 is 2.33 bits per heavy atom. The van der Waals surface area contributed by atoms with Gasteiger partial charge in [-0.15, -0.1) is 11.3 Å². The molecule has 0 radical (unpaired) electrons. The standard InChI is InChI=1S/C9H8N4O3S2/c1-5(14)7-3-6(13(15)16)8(17-7)18-9-10-4-11-12(9)2/h3-4H,1-2H3. The van der Waals surface area contributed by atoms with Gasteiger partial charge in [0.05, 0.1) is 9.80 Å². The van der Waals surface area contributed by atoms with Crippen molar-refractivity contribution in [2.45, 2.75) is 16.3 Å². The van der Waals surface area contributed by atoms with Crippen LogP contribution in [0.3, 0.4) is 0 Å². The first-order chi connectivity index (χ1) is 8.49. The Morgan fingerprint density at radius 1 is 1.61 bits per heavy atom. The highest BCUT2D eigenvalue weighted by molar-refractivity contribution is 8.01. The smallest absolute Gasteiger partial charge is 0.294 e. The minimum absolute atomic E-state index is 0.0711. The Labute approximate surface area is 110 Å². The largest absolute Gasteiger partial charge is 0.294 e. The predicted molar refractivity (Wildman–Crippen MR) is 66.1 cm³/mol. The molecule has 0 aliphatic heterocycles. The zero-order valence-electron chi connectivity index (χ0n) is 9.48. The predicted octanol–water partition coefficient (Wildman–Crippen LogP) is 2.14. The molecule has 0 fully saturated rings. The first-order valence-electron chi connectivity index (χ1n) is 4.80. The van der Waals surface area contributed by atoms with Crippen molar-refractivity contribution in [3.63, 3.8) is 0 Å². The first kappa shape index (κ1) is 12.7. The molecule has 0 aromatic carbocycles. The minimum Gasteiger partial charge on any atom is -0.294 e. The van der Waals surface area contributed by atoms with Gasteiger partial charge in [-0.3, -0.25) is 14.9 Å². The summed E-state index contributed by atoms with van der Waals surface area (Å²) in [7, 11) is 1.70. The number of nitro groups is 1. The van der Waals surface area contributed by atoms with Gasteiger partial charge in [-0.1, -0.05) is 0 Å². The number of ketones is 1. The van der Waals surface area contributed by atoms with Crippen molar-refractivity contribution in [3.8, 4) is 0 Å². The summed E-state index contributed by atoms with van der Waals surface area (Å²) in [4.78, 5) is 26.0. The normalized spacial score (nSPS) is 10.6. The molecule has 9 heteroatoms. The lowest BCUT2D eigenvalue weighted by molar-refractivity contribution is -0.387. The maximum Gasteiger partial charge on any atom is 0.294 e. The summed E-state index contributed by atoms with van der Waals surface area (Å²) in [6, 6.07) is 1.30. The van der Waals surface area contributed by atoms with Gasteiger partial charge < -0.3 is 0 Å². The molecule has 0 amide bonds. The van der Waals surface area contributed by atoms with Gasteiger partial charge in [0, 0.05) is 13.1 Å². The van der Waals surface area contributed by atoms with E-state index in [4.69, 9.17) is 0 Å². The fraction of sp³-hybridized carbons (Fsp3) is 0.222. The number of hydrogen-bond donors (Lipinski definition) is 0. The maximum absolute atomic E-state index is 11.2. The van der Waals surface area contributed by atoms with Crippen LogP contribution in [0.1, 0.15) is 16.6 Å². The maximum atomic E-state index is 11.2. The van der Waals surface area contributed by atoms with Crippen LogP contribution in [0.25, 0.3) is 0 Å². The molecule has 0 saturated heterocycles. The van der Waals surface area contributed by atoms with Crippen LogP contribution in [0.5, 0.6) is 0 Å². The topological polar surface area (TPSA) is 90.9 Å². The monoisotopic (exact) mass is 284 g/mol. The molecule has 0 bridgehead atoms. The fourth-order valence-corrected chi connectivity index (χ4v) is 3.29. The number of carbonyl (C=O) groups is 1. The van der Waals surface area contributed by atoms with Gasteiger partial charge in [-0.2, -0.15) is 5.10 Å². The van der Waals surface area contributed by atoms with Gasteiger partial charge in [0.25, 0.3) is 5.69 Å². The zero-order valence-corrected chi connectivity index (χ0v) is 11.1. The van der Waals surface area contributed by atoms with Crippen LogP contribution in [0.4, 0.5) is 5.69 Å². The average Bonchev–Trinajstić information content (AvgIpc) is 2.87. The second-order valence-electron chi connectivity index (χ2n) is 3.36. The number of hydrogen-bond acceptors (Lipinski definition) is 7. The molecule has 0 aliphatic carbocycles. The Kier molecular flexibility index (Phi) is 3.43. The molecule has 0 saturated carbocycles. The Balaban J connectivity index is 2.40. The lowest BCUT2D eigenvalue weighted by Crippen LogP contribution is -1.92. The van der Waals surface area contributed by atoms with Crippen LogP contribution in [-0.2, 0) is 7.05 Å². The van der Waals surface area contributed by atoms with Gasteiger partial charge >= 0.3 is 0 Å².